The van der Waals surface area contributed by atoms with Crippen LogP contribution in [0, 0.1) is 0 Å². The fraction of sp³-hybridized carbons (Fsp3) is 0.750. The second-order valence-electron chi connectivity index (χ2n) is 5.05. The van der Waals surface area contributed by atoms with Crippen molar-refractivity contribution < 1.29 is 0 Å². The molecule has 16 heavy (non-hydrogen) atoms. The van der Waals surface area contributed by atoms with E-state index in [0.29, 0.717) is 12.0 Å². The molecule has 4 nitrogen and oxygen atoms in total. The minimum Gasteiger partial charge on any atom is -0.315 e. The Bertz CT molecular complexity index is 408. The Balaban J connectivity index is 1.85. The van der Waals surface area contributed by atoms with Crippen molar-refractivity contribution >= 4 is 0 Å². The quantitative estimate of drug-likeness (QED) is 0.792. The summed E-state index contributed by atoms with van der Waals surface area (Å²) in [7, 11) is 0. The molecule has 2 N–H and O–H groups in total. The molecular weight excluding hydrogens is 202 g/mol. The molecule has 1 aliphatic heterocycles. The largest absolute Gasteiger partial charge is 0.315 e. The van der Waals surface area contributed by atoms with Crippen LogP contribution in [-0.4, -0.2) is 22.9 Å². The van der Waals surface area contributed by atoms with Crippen molar-refractivity contribution in [3.63, 3.8) is 0 Å². The lowest BCUT2D eigenvalue weighted by Gasteiger charge is -2.10. The first kappa shape index (κ1) is 10.1. The summed E-state index contributed by atoms with van der Waals surface area (Å²) in [4.78, 5) is 11.9. The van der Waals surface area contributed by atoms with Crippen LogP contribution < -0.4 is 10.9 Å². The Kier molecular flexibility index (Phi) is 2.59. The number of aromatic amines is 1. The highest BCUT2D eigenvalue weighted by molar-refractivity contribution is 5.09. The zero-order valence-corrected chi connectivity index (χ0v) is 9.54. The molecule has 88 valence electrons. The molecule has 1 aromatic heterocycles. The third-order valence-electron chi connectivity index (χ3n) is 3.96. The summed E-state index contributed by atoms with van der Waals surface area (Å²) >= 11 is 0. The van der Waals surface area contributed by atoms with Crippen LogP contribution in [0.1, 0.15) is 49.8 Å². The fourth-order valence-electron chi connectivity index (χ4n) is 3.01. The number of nitrogens with zero attached hydrogens (tertiary/aromatic N) is 1. The van der Waals surface area contributed by atoms with Gasteiger partial charge in [-0.25, -0.2) is 4.68 Å². The standard InChI is InChI=1S/C12H19N3O/c16-12-7-11(9-3-1-2-4-9)14-15(12)10-5-6-13-8-10/h7,9-10,13-14H,1-6,8H2. The van der Waals surface area contributed by atoms with Gasteiger partial charge < -0.3 is 5.32 Å². The molecule has 0 bridgehead atoms. The normalized spacial score (nSPS) is 26.6. The highest BCUT2D eigenvalue weighted by atomic mass is 16.1. The predicted molar refractivity (Wildman–Crippen MR) is 62.8 cm³/mol. The topological polar surface area (TPSA) is 49.8 Å². The van der Waals surface area contributed by atoms with Crippen LogP contribution in [0.4, 0.5) is 0 Å². The lowest BCUT2D eigenvalue weighted by Crippen LogP contribution is -2.23. The maximum absolute atomic E-state index is 11.9. The molecule has 0 radical (unpaired) electrons. The second kappa shape index (κ2) is 4.09. The lowest BCUT2D eigenvalue weighted by atomic mass is 10.1. The van der Waals surface area contributed by atoms with Gasteiger partial charge >= 0.3 is 0 Å². The summed E-state index contributed by atoms with van der Waals surface area (Å²) in [6, 6.07) is 2.15. The summed E-state index contributed by atoms with van der Waals surface area (Å²) in [5.74, 6) is 0.600. The number of hydrogen-bond donors (Lipinski definition) is 2. The Morgan fingerprint density at radius 3 is 2.75 bits per heavy atom. The van der Waals surface area contributed by atoms with Gasteiger partial charge in [0.25, 0.3) is 5.56 Å². The molecule has 0 amide bonds. The van der Waals surface area contributed by atoms with Gasteiger partial charge in [0.05, 0.1) is 6.04 Å². The average molecular weight is 221 g/mol. The van der Waals surface area contributed by atoms with Crippen molar-refractivity contribution in [3.8, 4) is 0 Å². The molecular formula is C12H19N3O. The molecule has 0 aromatic carbocycles. The zero-order valence-electron chi connectivity index (χ0n) is 9.54. The molecule has 4 heteroatoms. The highest BCUT2D eigenvalue weighted by Gasteiger charge is 2.23. The van der Waals surface area contributed by atoms with Gasteiger partial charge in [-0.15, -0.1) is 0 Å². The third-order valence-corrected chi connectivity index (χ3v) is 3.96. The van der Waals surface area contributed by atoms with E-state index in [2.05, 4.69) is 10.4 Å². The highest BCUT2D eigenvalue weighted by Crippen LogP contribution is 2.32. The predicted octanol–water partition coefficient (Wildman–Crippen LogP) is 1.37. The Hall–Kier alpha value is -1.03. The van der Waals surface area contributed by atoms with E-state index in [9.17, 15) is 4.79 Å². The molecule has 1 aliphatic carbocycles. The monoisotopic (exact) mass is 221 g/mol. The molecule has 1 unspecified atom stereocenters. The maximum atomic E-state index is 11.9. The smallest absolute Gasteiger partial charge is 0.267 e. The van der Waals surface area contributed by atoms with Gasteiger partial charge in [-0.2, -0.15) is 0 Å². The van der Waals surface area contributed by atoms with Crippen molar-refractivity contribution in [2.24, 2.45) is 0 Å². The van der Waals surface area contributed by atoms with Crippen LogP contribution in [0.5, 0.6) is 0 Å². The Morgan fingerprint density at radius 2 is 2.06 bits per heavy atom. The van der Waals surface area contributed by atoms with Crippen LogP contribution in [0.15, 0.2) is 10.9 Å². The second-order valence-corrected chi connectivity index (χ2v) is 5.05. The van der Waals surface area contributed by atoms with E-state index in [1.807, 2.05) is 10.7 Å². The van der Waals surface area contributed by atoms with E-state index >= 15 is 0 Å². The first-order valence-electron chi connectivity index (χ1n) is 6.37. The van der Waals surface area contributed by atoms with Crippen molar-refractivity contribution in [1.29, 1.82) is 0 Å². The summed E-state index contributed by atoms with van der Waals surface area (Å²) in [6.07, 6.45) is 6.15. The number of aromatic nitrogens is 2. The Morgan fingerprint density at radius 1 is 1.25 bits per heavy atom. The molecule has 1 aromatic rings. The molecule has 3 rings (SSSR count). The molecule has 2 fully saturated rings. The Labute approximate surface area is 95.0 Å². The lowest BCUT2D eigenvalue weighted by molar-refractivity contribution is 0.469. The van der Waals surface area contributed by atoms with Crippen molar-refractivity contribution in [2.75, 3.05) is 13.1 Å². The van der Waals surface area contributed by atoms with Crippen LogP contribution in [0.3, 0.4) is 0 Å². The minimum atomic E-state index is 0.149. The summed E-state index contributed by atoms with van der Waals surface area (Å²) in [6.45, 7) is 1.94. The zero-order chi connectivity index (χ0) is 11.0. The van der Waals surface area contributed by atoms with Crippen molar-refractivity contribution in [3.05, 3.63) is 22.1 Å². The van der Waals surface area contributed by atoms with E-state index in [1.54, 1.807) is 0 Å². The summed E-state index contributed by atoms with van der Waals surface area (Å²) in [5, 5.41) is 6.63. The van der Waals surface area contributed by atoms with E-state index in [0.717, 1.165) is 25.2 Å². The number of nitrogens with one attached hydrogen (secondary N) is 2. The fourth-order valence-corrected chi connectivity index (χ4v) is 3.01. The van der Waals surface area contributed by atoms with E-state index in [4.69, 9.17) is 0 Å². The van der Waals surface area contributed by atoms with Gasteiger partial charge in [0.15, 0.2) is 0 Å². The number of H-pyrrole nitrogens is 1. The van der Waals surface area contributed by atoms with Crippen LogP contribution in [-0.2, 0) is 0 Å². The summed E-state index contributed by atoms with van der Waals surface area (Å²) < 4.78 is 1.83. The van der Waals surface area contributed by atoms with Crippen LogP contribution in [0.2, 0.25) is 0 Å². The number of hydrogen-bond acceptors (Lipinski definition) is 2. The molecule has 2 heterocycles. The third kappa shape index (κ3) is 1.71. The molecule has 1 atom stereocenters. The SMILES string of the molecule is O=c1cc(C2CCCC2)[nH]n1C1CCNC1. The van der Waals surface area contributed by atoms with Gasteiger partial charge in [0.1, 0.15) is 0 Å². The summed E-state index contributed by atoms with van der Waals surface area (Å²) in [5.41, 5.74) is 1.31. The van der Waals surface area contributed by atoms with Crippen molar-refractivity contribution in [1.82, 2.24) is 15.1 Å². The van der Waals surface area contributed by atoms with Crippen LogP contribution >= 0.6 is 0 Å². The first-order chi connectivity index (χ1) is 7.84. The van der Waals surface area contributed by atoms with Crippen LogP contribution in [0.25, 0.3) is 0 Å². The van der Waals surface area contributed by atoms with Crippen molar-refractivity contribution in [2.45, 2.75) is 44.1 Å². The van der Waals surface area contributed by atoms with E-state index in [1.165, 1.54) is 25.7 Å². The van der Waals surface area contributed by atoms with E-state index in [-0.39, 0.29) is 5.56 Å². The van der Waals surface area contributed by atoms with Gasteiger partial charge in [0, 0.05) is 24.2 Å². The van der Waals surface area contributed by atoms with E-state index < -0.39 is 0 Å². The van der Waals surface area contributed by atoms with Gasteiger partial charge in [-0.1, -0.05) is 12.8 Å². The van der Waals surface area contributed by atoms with Gasteiger partial charge in [-0.05, 0) is 25.8 Å². The average Bonchev–Trinajstić information content (AvgIpc) is 2.97. The first-order valence-corrected chi connectivity index (χ1v) is 6.37. The molecule has 1 saturated heterocycles. The maximum Gasteiger partial charge on any atom is 0.267 e. The molecule has 2 aliphatic rings. The molecule has 1 saturated carbocycles. The molecule has 0 spiro atoms. The number of rotatable bonds is 2. The van der Waals surface area contributed by atoms with Gasteiger partial charge in [0.2, 0.25) is 0 Å². The minimum absolute atomic E-state index is 0.149. The van der Waals surface area contributed by atoms with Gasteiger partial charge in [-0.3, -0.25) is 9.89 Å².